The van der Waals surface area contributed by atoms with E-state index in [9.17, 15) is 4.79 Å². The number of hydrogen-bond donors (Lipinski definition) is 1. The van der Waals surface area contributed by atoms with E-state index in [2.05, 4.69) is 0 Å². The fraction of sp³-hybridized carbons (Fsp3) is 0.500. The van der Waals surface area contributed by atoms with Crippen molar-refractivity contribution in [3.8, 4) is 5.75 Å². The molecule has 2 N–H and O–H groups in total. The maximum absolute atomic E-state index is 12.2. The fourth-order valence-corrected chi connectivity index (χ4v) is 1.51. The molecule has 0 bridgehead atoms. The number of nitrogens with zero attached hydrogens (tertiary/aromatic N) is 1. The number of methoxy groups -OCH3 is 1. The number of nitrogens with two attached hydrogens (primary N) is 1. The molecule has 1 aromatic rings. The summed E-state index contributed by atoms with van der Waals surface area (Å²) in [7, 11) is 3.34. The van der Waals surface area contributed by atoms with E-state index in [-0.39, 0.29) is 11.3 Å². The van der Waals surface area contributed by atoms with E-state index in [0.29, 0.717) is 0 Å². The Morgan fingerprint density at radius 1 is 1.28 bits per heavy atom. The molecule has 0 aliphatic heterocycles. The van der Waals surface area contributed by atoms with Gasteiger partial charge in [0.1, 0.15) is 5.75 Å². The summed E-state index contributed by atoms with van der Waals surface area (Å²) in [6.45, 7) is 5.87. The van der Waals surface area contributed by atoms with Gasteiger partial charge >= 0.3 is 0 Å². The highest BCUT2D eigenvalue weighted by Gasteiger charge is 2.30. The smallest absolute Gasteiger partial charge is 0.244 e. The molecule has 4 heteroatoms. The van der Waals surface area contributed by atoms with E-state index < -0.39 is 6.04 Å². The molecule has 1 rings (SSSR count). The number of benzene rings is 1. The Labute approximate surface area is 109 Å². The third-order valence-electron chi connectivity index (χ3n) is 2.99. The van der Waals surface area contributed by atoms with Gasteiger partial charge in [0.05, 0.1) is 13.2 Å². The Kier molecular flexibility index (Phi) is 4.35. The molecule has 100 valence electrons. The molecule has 0 aliphatic carbocycles. The van der Waals surface area contributed by atoms with Crippen LogP contribution in [0.25, 0.3) is 0 Å². The lowest BCUT2D eigenvalue weighted by atomic mass is 9.86. The first-order valence-corrected chi connectivity index (χ1v) is 5.94. The van der Waals surface area contributed by atoms with Crippen LogP contribution in [0.2, 0.25) is 0 Å². The molecule has 1 atom stereocenters. The second kappa shape index (κ2) is 5.40. The fourth-order valence-electron chi connectivity index (χ4n) is 1.51. The van der Waals surface area contributed by atoms with Crippen LogP contribution in [0.4, 0.5) is 5.69 Å². The average molecular weight is 250 g/mol. The van der Waals surface area contributed by atoms with Gasteiger partial charge in [0.25, 0.3) is 0 Å². The van der Waals surface area contributed by atoms with Crippen molar-refractivity contribution in [1.29, 1.82) is 0 Å². The molecular weight excluding hydrogens is 228 g/mol. The molecular formula is C14H22N2O2. The minimum atomic E-state index is -0.524. The second-order valence-corrected chi connectivity index (χ2v) is 5.44. The van der Waals surface area contributed by atoms with Gasteiger partial charge in [0.15, 0.2) is 0 Å². The van der Waals surface area contributed by atoms with Crippen molar-refractivity contribution < 1.29 is 9.53 Å². The van der Waals surface area contributed by atoms with Gasteiger partial charge in [0.2, 0.25) is 5.91 Å². The first-order valence-electron chi connectivity index (χ1n) is 5.94. The molecule has 0 saturated carbocycles. The van der Waals surface area contributed by atoms with Crippen molar-refractivity contribution in [1.82, 2.24) is 0 Å². The van der Waals surface area contributed by atoms with Gasteiger partial charge in [-0.25, -0.2) is 0 Å². The van der Waals surface area contributed by atoms with Crippen molar-refractivity contribution in [3.63, 3.8) is 0 Å². The summed E-state index contributed by atoms with van der Waals surface area (Å²) in [5.41, 5.74) is 6.53. The lowest BCUT2D eigenvalue weighted by molar-refractivity contribution is -0.121. The molecule has 0 aromatic heterocycles. The number of carbonyl (C=O) groups excluding carboxylic acids is 1. The largest absolute Gasteiger partial charge is 0.497 e. The normalized spacial score (nSPS) is 13.0. The molecule has 0 heterocycles. The van der Waals surface area contributed by atoms with Crippen LogP contribution in [0.5, 0.6) is 5.75 Å². The zero-order chi connectivity index (χ0) is 13.9. The minimum Gasteiger partial charge on any atom is -0.497 e. The highest BCUT2D eigenvalue weighted by Crippen LogP contribution is 2.23. The lowest BCUT2D eigenvalue weighted by Crippen LogP contribution is -2.49. The van der Waals surface area contributed by atoms with Crippen LogP contribution in [0, 0.1) is 5.41 Å². The Morgan fingerprint density at radius 3 is 2.17 bits per heavy atom. The molecule has 0 fully saturated rings. The number of carbonyl (C=O) groups is 1. The zero-order valence-corrected chi connectivity index (χ0v) is 11.7. The maximum atomic E-state index is 12.2. The van der Waals surface area contributed by atoms with Crippen LogP contribution in [0.1, 0.15) is 20.8 Å². The Bertz CT molecular complexity index is 407. The van der Waals surface area contributed by atoms with E-state index in [1.54, 1.807) is 19.1 Å². The Hall–Kier alpha value is -1.55. The van der Waals surface area contributed by atoms with Gasteiger partial charge in [-0.1, -0.05) is 20.8 Å². The first-order chi connectivity index (χ1) is 8.27. The number of amides is 1. The molecule has 18 heavy (non-hydrogen) atoms. The van der Waals surface area contributed by atoms with Gasteiger partial charge in [0, 0.05) is 12.7 Å². The van der Waals surface area contributed by atoms with Crippen LogP contribution in [0.15, 0.2) is 24.3 Å². The van der Waals surface area contributed by atoms with E-state index in [1.165, 1.54) is 0 Å². The van der Waals surface area contributed by atoms with E-state index in [1.807, 2.05) is 45.0 Å². The predicted molar refractivity (Wildman–Crippen MR) is 73.8 cm³/mol. The standard InChI is InChI=1S/C14H22N2O2/c1-14(2,3)12(15)13(17)16(4)10-6-8-11(18-5)9-7-10/h6-9,12H,15H2,1-5H3/t12-/m0/s1. The lowest BCUT2D eigenvalue weighted by Gasteiger charge is -2.30. The second-order valence-electron chi connectivity index (χ2n) is 5.44. The summed E-state index contributed by atoms with van der Waals surface area (Å²) in [5, 5.41) is 0. The SMILES string of the molecule is COc1ccc(N(C)C(=O)[C@H](N)C(C)(C)C)cc1. The van der Waals surface area contributed by atoms with Gasteiger partial charge in [-0.15, -0.1) is 0 Å². The molecule has 0 spiro atoms. The van der Waals surface area contributed by atoms with Crippen molar-refractivity contribution >= 4 is 11.6 Å². The molecule has 0 saturated heterocycles. The van der Waals surface area contributed by atoms with E-state index >= 15 is 0 Å². The third kappa shape index (κ3) is 3.23. The van der Waals surface area contributed by atoms with E-state index in [4.69, 9.17) is 10.5 Å². The highest BCUT2D eigenvalue weighted by atomic mass is 16.5. The molecule has 0 aliphatic rings. The number of hydrogen-bond acceptors (Lipinski definition) is 3. The Balaban J connectivity index is 2.86. The van der Waals surface area contributed by atoms with Crippen molar-refractivity contribution in [2.45, 2.75) is 26.8 Å². The monoisotopic (exact) mass is 250 g/mol. The summed E-state index contributed by atoms with van der Waals surface area (Å²) in [6.07, 6.45) is 0. The molecule has 0 unspecified atom stereocenters. The van der Waals surface area contributed by atoms with Crippen molar-refractivity contribution in [2.24, 2.45) is 11.1 Å². The van der Waals surface area contributed by atoms with Crippen LogP contribution in [-0.2, 0) is 4.79 Å². The summed E-state index contributed by atoms with van der Waals surface area (Å²) in [5.74, 6) is 0.674. The molecule has 4 nitrogen and oxygen atoms in total. The first kappa shape index (κ1) is 14.5. The van der Waals surface area contributed by atoms with Crippen LogP contribution < -0.4 is 15.4 Å². The zero-order valence-electron chi connectivity index (χ0n) is 11.7. The van der Waals surface area contributed by atoms with Gasteiger partial charge in [-0.2, -0.15) is 0 Å². The van der Waals surface area contributed by atoms with Crippen LogP contribution in [-0.4, -0.2) is 26.1 Å². The molecule has 0 radical (unpaired) electrons. The highest BCUT2D eigenvalue weighted by molar-refractivity contribution is 5.97. The number of likely N-dealkylation sites (N-methyl/N-ethyl adjacent to an activating group) is 1. The predicted octanol–water partition coefficient (Wildman–Crippen LogP) is 2.03. The summed E-state index contributed by atoms with van der Waals surface area (Å²) in [6, 6.07) is 6.80. The summed E-state index contributed by atoms with van der Waals surface area (Å²) < 4.78 is 5.08. The van der Waals surface area contributed by atoms with Gasteiger partial charge < -0.3 is 15.4 Å². The number of anilines is 1. The Morgan fingerprint density at radius 2 is 1.78 bits per heavy atom. The molecule has 1 aromatic carbocycles. The summed E-state index contributed by atoms with van der Waals surface area (Å²) >= 11 is 0. The van der Waals surface area contributed by atoms with Crippen molar-refractivity contribution in [3.05, 3.63) is 24.3 Å². The minimum absolute atomic E-state index is 0.0901. The maximum Gasteiger partial charge on any atom is 0.244 e. The van der Waals surface area contributed by atoms with Gasteiger partial charge in [-0.3, -0.25) is 4.79 Å². The average Bonchev–Trinajstić information content (AvgIpc) is 2.35. The van der Waals surface area contributed by atoms with E-state index in [0.717, 1.165) is 11.4 Å². The number of rotatable bonds is 3. The quantitative estimate of drug-likeness (QED) is 0.893. The summed E-state index contributed by atoms with van der Waals surface area (Å²) in [4.78, 5) is 13.8. The third-order valence-corrected chi connectivity index (χ3v) is 2.99. The van der Waals surface area contributed by atoms with Crippen LogP contribution in [0.3, 0.4) is 0 Å². The molecule has 1 amide bonds. The van der Waals surface area contributed by atoms with Crippen molar-refractivity contribution in [2.75, 3.05) is 19.1 Å². The van der Waals surface area contributed by atoms with Crippen LogP contribution >= 0.6 is 0 Å². The number of ether oxygens (including phenoxy) is 1. The topological polar surface area (TPSA) is 55.6 Å². The van der Waals surface area contributed by atoms with Gasteiger partial charge in [-0.05, 0) is 29.7 Å².